The third kappa shape index (κ3) is 4.17. The largest absolute Gasteiger partial charge is 0.357 e. The number of imidazole rings is 1. The van der Waals surface area contributed by atoms with E-state index in [1.165, 1.54) is 13.1 Å². The van der Waals surface area contributed by atoms with E-state index >= 15 is 0 Å². The number of amides is 2. The maximum Gasteiger partial charge on any atom is 0.272 e. The van der Waals surface area contributed by atoms with Crippen molar-refractivity contribution in [2.24, 2.45) is 5.41 Å². The van der Waals surface area contributed by atoms with Crippen LogP contribution in [0.5, 0.6) is 0 Å². The van der Waals surface area contributed by atoms with Gasteiger partial charge in [0.2, 0.25) is 5.91 Å². The van der Waals surface area contributed by atoms with Gasteiger partial charge in [-0.05, 0) is 24.6 Å². The van der Waals surface area contributed by atoms with Crippen LogP contribution in [0.3, 0.4) is 0 Å². The Morgan fingerprint density at radius 2 is 1.90 bits per heavy atom. The van der Waals surface area contributed by atoms with Gasteiger partial charge >= 0.3 is 0 Å². The minimum absolute atomic E-state index is 0.230. The molecule has 29 heavy (non-hydrogen) atoms. The van der Waals surface area contributed by atoms with Crippen molar-refractivity contribution in [2.45, 2.75) is 39.9 Å². The molecule has 8 heteroatoms. The zero-order valence-electron chi connectivity index (χ0n) is 17.5. The molecule has 0 radical (unpaired) electrons. The van der Waals surface area contributed by atoms with Gasteiger partial charge in [0.1, 0.15) is 17.7 Å². The highest BCUT2D eigenvalue weighted by molar-refractivity contribution is 5.97. The van der Waals surface area contributed by atoms with E-state index in [0.717, 1.165) is 12.2 Å². The molecule has 0 bridgehead atoms. The van der Waals surface area contributed by atoms with E-state index in [1.54, 1.807) is 18.2 Å². The molecule has 1 atom stereocenters. The molecule has 1 aromatic heterocycles. The summed E-state index contributed by atoms with van der Waals surface area (Å²) in [6.45, 7) is 7.55. The summed E-state index contributed by atoms with van der Waals surface area (Å²) in [5, 5.41) is 5.43. The van der Waals surface area contributed by atoms with E-state index in [2.05, 4.69) is 20.5 Å². The van der Waals surface area contributed by atoms with Crippen molar-refractivity contribution in [3.05, 3.63) is 41.5 Å². The SMILES string of the molecule is CNC(=O)C(NC(=O)c1nc(-c2ccccc2F)n2c1CN(C)CC2)C(C)(C)C. The highest BCUT2D eigenvalue weighted by Crippen LogP contribution is 2.28. The molecule has 0 fully saturated rings. The zero-order valence-corrected chi connectivity index (χ0v) is 17.5. The third-order valence-electron chi connectivity index (χ3n) is 5.18. The second-order valence-electron chi connectivity index (χ2n) is 8.49. The second-order valence-corrected chi connectivity index (χ2v) is 8.49. The van der Waals surface area contributed by atoms with E-state index in [4.69, 9.17) is 0 Å². The lowest BCUT2D eigenvalue weighted by atomic mass is 9.86. The van der Waals surface area contributed by atoms with Crippen LogP contribution < -0.4 is 10.6 Å². The van der Waals surface area contributed by atoms with Gasteiger partial charge in [0, 0.05) is 26.7 Å². The van der Waals surface area contributed by atoms with Crippen LogP contribution in [0.25, 0.3) is 11.4 Å². The molecule has 1 aliphatic heterocycles. The molecule has 1 aliphatic rings. The van der Waals surface area contributed by atoms with Crippen LogP contribution in [0.4, 0.5) is 4.39 Å². The third-order valence-corrected chi connectivity index (χ3v) is 5.18. The van der Waals surface area contributed by atoms with Gasteiger partial charge < -0.3 is 15.2 Å². The molecule has 1 unspecified atom stereocenters. The standard InChI is InChI=1S/C21H28FN5O2/c1-21(2,3)17(20(29)23-4)25-19(28)16-15-12-26(5)10-11-27(15)18(24-16)13-8-6-7-9-14(13)22/h6-9,17H,10-12H2,1-5H3,(H,23,29)(H,25,28). The summed E-state index contributed by atoms with van der Waals surface area (Å²) < 4.78 is 16.3. The van der Waals surface area contributed by atoms with Crippen molar-refractivity contribution < 1.29 is 14.0 Å². The van der Waals surface area contributed by atoms with Crippen molar-refractivity contribution in [3.8, 4) is 11.4 Å². The van der Waals surface area contributed by atoms with E-state index in [-0.39, 0.29) is 17.4 Å². The quantitative estimate of drug-likeness (QED) is 0.822. The first kappa shape index (κ1) is 21.0. The number of hydrogen-bond donors (Lipinski definition) is 2. The molecule has 2 heterocycles. The number of fused-ring (bicyclic) bond motifs is 1. The normalized spacial score (nSPS) is 15.5. The number of likely N-dealkylation sites (N-methyl/N-ethyl adjacent to an activating group) is 2. The van der Waals surface area contributed by atoms with Gasteiger partial charge in [-0.25, -0.2) is 9.37 Å². The van der Waals surface area contributed by atoms with Gasteiger partial charge in [0.05, 0.1) is 11.3 Å². The number of carbonyl (C=O) groups is 2. The number of carbonyl (C=O) groups excluding carboxylic acids is 2. The van der Waals surface area contributed by atoms with Crippen LogP contribution in [0, 0.1) is 11.2 Å². The monoisotopic (exact) mass is 401 g/mol. The number of benzene rings is 1. The van der Waals surface area contributed by atoms with Crippen LogP contribution in [0.1, 0.15) is 37.0 Å². The molecule has 0 saturated heterocycles. The summed E-state index contributed by atoms with van der Waals surface area (Å²) in [5.41, 5.74) is 0.823. The molecule has 2 N–H and O–H groups in total. The average Bonchev–Trinajstić information content (AvgIpc) is 3.03. The van der Waals surface area contributed by atoms with Crippen LogP contribution in [-0.2, 0) is 17.9 Å². The lowest BCUT2D eigenvalue weighted by Crippen LogP contribution is -2.53. The first-order valence-corrected chi connectivity index (χ1v) is 9.68. The van der Waals surface area contributed by atoms with Crippen molar-refractivity contribution in [1.29, 1.82) is 0 Å². The number of aromatic nitrogens is 2. The minimum Gasteiger partial charge on any atom is -0.357 e. The Bertz CT molecular complexity index is 932. The number of halogens is 1. The predicted octanol–water partition coefficient (Wildman–Crippen LogP) is 2.03. The molecular formula is C21H28FN5O2. The smallest absolute Gasteiger partial charge is 0.272 e. The van der Waals surface area contributed by atoms with Crippen LogP contribution in [-0.4, -0.2) is 52.9 Å². The Morgan fingerprint density at radius 3 is 2.52 bits per heavy atom. The lowest BCUT2D eigenvalue weighted by Gasteiger charge is -2.30. The molecule has 7 nitrogen and oxygen atoms in total. The van der Waals surface area contributed by atoms with Gasteiger partial charge in [-0.3, -0.25) is 14.5 Å². The Kier molecular flexibility index (Phi) is 5.75. The maximum atomic E-state index is 14.4. The molecule has 2 amide bonds. The Hall–Kier alpha value is -2.74. The summed E-state index contributed by atoms with van der Waals surface area (Å²) in [6, 6.07) is 5.68. The van der Waals surface area contributed by atoms with Gasteiger partial charge in [-0.2, -0.15) is 0 Å². The fraction of sp³-hybridized carbons (Fsp3) is 0.476. The van der Waals surface area contributed by atoms with Crippen molar-refractivity contribution in [2.75, 3.05) is 20.6 Å². The maximum absolute atomic E-state index is 14.4. The summed E-state index contributed by atoms with van der Waals surface area (Å²) in [4.78, 5) is 32.1. The summed E-state index contributed by atoms with van der Waals surface area (Å²) >= 11 is 0. The highest BCUT2D eigenvalue weighted by atomic mass is 19.1. The summed E-state index contributed by atoms with van der Waals surface area (Å²) in [7, 11) is 3.50. The van der Waals surface area contributed by atoms with Crippen LogP contribution >= 0.6 is 0 Å². The highest BCUT2D eigenvalue weighted by Gasteiger charge is 2.35. The number of hydrogen-bond acceptors (Lipinski definition) is 4. The molecule has 3 rings (SSSR count). The topological polar surface area (TPSA) is 79.3 Å². The van der Waals surface area contributed by atoms with Gasteiger partial charge in [-0.1, -0.05) is 32.9 Å². The fourth-order valence-corrected chi connectivity index (χ4v) is 3.54. The Labute approximate surface area is 170 Å². The van der Waals surface area contributed by atoms with Crippen molar-refractivity contribution >= 4 is 11.8 Å². The van der Waals surface area contributed by atoms with E-state index in [9.17, 15) is 14.0 Å². The fourth-order valence-electron chi connectivity index (χ4n) is 3.54. The summed E-state index contributed by atoms with van der Waals surface area (Å²) in [5.74, 6) is -0.659. The molecule has 0 saturated carbocycles. The zero-order chi connectivity index (χ0) is 21.3. The first-order valence-electron chi connectivity index (χ1n) is 9.68. The van der Waals surface area contributed by atoms with Gasteiger partial charge in [0.25, 0.3) is 5.91 Å². The van der Waals surface area contributed by atoms with E-state index < -0.39 is 17.4 Å². The van der Waals surface area contributed by atoms with Gasteiger partial charge in [-0.15, -0.1) is 0 Å². The minimum atomic E-state index is -0.726. The number of nitrogens with zero attached hydrogens (tertiary/aromatic N) is 3. The van der Waals surface area contributed by atoms with Crippen LogP contribution in [0.15, 0.2) is 24.3 Å². The molecule has 2 aromatic rings. The van der Waals surface area contributed by atoms with E-state index in [1.807, 2.05) is 32.4 Å². The Balaban J connectivity index is 2.04. The molecule has 1 aromatic carbocycles. The average molecular weight is 401 g/mol. The summed E-state index contributed by atoms with van der Waals surface area (Å²) in [6.07, 6.45) is 0. The number of rotatable bonds is 4. The Morgan fingerprint density at radius 1 is 1.21 bits per heavy atom. The van der Waals surface area contributed by atoms with E-state index in [0.29, 0.717) is 24.5 Å². The predicted molar refractivity (Wildman–Crippen MR) is 109 cm³/mol. The second kappa shape index (κ2) is 7.94. The van der Waals surface area contributed by atoms with Crippen molar-refractivity contribution in [3.63, 3.8) is 0 Å². The first-order chi connectivity index (χ1) is 13.6. The molecular weight excluding hydrogens is 373 g/mol. The lowest BCUT2D eigenvalue weighted by molar-refractivity contribution is -0.124. The molecule has 0 spiro atoms. The number of nitrogens with one attached hydrogen (secondary N) is 2. The van der Waals surface area contributed by atoms with Crippen molar-refractivity contribution in [1.82, 2.24) is 25.1 Å². The van der Waals surface area contributed by atoms with Gasteiger partial charge in [0.15, 0.2) is 5.69 Å². The molecule has 156 valence electrons. The van der Waals surface area contributed by atoms with Crippen LogP contribution in [0.2, 0.25) is 0 Å². The molecule has 0 aliphatic carbocycles.